The van der Waals surface area contributed by atoms with Crippen LogP contribution in [0.4, 0.5) is 10.5 Å². The van der Waals surface area contributed by atoms with Gasteiger partial charge in [0.2, 0.25) is 0 Å². The number of hydrogen-bond donors (Lipinski definition) is 1. The standard InChI is InChI=1S/C15H19N3O4S/c1-15(2)9-18(6-7-23(15)21)13(19)16-10-4-5-11-12(8-10)22-14(20)17(11)3/h4-5,8H,6-7,9H2,1-3H3,(H,16,19)/t23-/m0/s1. The number of amides is 2. The van der Waals surface area contributed by atoms with Crippen molar-refractivity contribution in [3.63, 3.8) is 0 Å². The number of carbonyl (C=O) groups is 1. The third-order valence-corrected chi connectivity index (χ3v) is 5.98. The molecule has 1 aromatic heterocycles. The Balaban J connectivity index is 1.78. The molecule has 2 aromatic rings. The molecular formula is C15H19N3O4S. The molecule has 8 heteroatoms. The Morgan fingerprint density at radius 2 is 2.13 bits per heavy atom. The molecule has 0 saturated carbocycles. The van der Waals surface area contributed by atoms with Crippen LogP contribution in [0.2, 0.25) is 0 Å². The molecule has 1 aromatic carbocycles. The molecule has 0 radical (unpaired) electrons. The zero-order valence-corrected chi connectivity index (χ0v) is 14.1. The van der Waals surface area contributed by atoms with Crippen molar-refractivity contribution in [1.82, 2.24) is 9.47 Å². The van der Waals surface area contributed by atoms with Gasteiger partial charge in [-0.05, 0) is 26.0 Å². The number of benzene rings is 1. The molecule has 1 aliphatic heterocycles. The lowest BCUT2D eigenvalue weighted by Gasteiger charge is -2.37. The van der Waals surface area contributed by atoms with E-state index in [1.54, 1.807) is 30.1 Å². The van der Waals surface area contributed by atoms with Crippen LogP contribution in [0.1, 0.15) is 13.8 Å². The van der Waals surface area contributed by atoms with E-state index in [4.69, 9.17) is 4.42 Å². The molecule has 1 aliphatic rings. The second-order valence-corrected chi connectivity index (χ2v) is 8.48. The van der Waals surface area contributed by atoms with E-state index < -0.39 is 21.3 Å². The van der Waals surface area contributed by atoms with Gasteiger partial charge in [0.05, 0.1) is 10.3 Å². The van der Waals surface area contributed by atoms with E-state index >= 15 is 0 Å². The van der Waals surface area contributed by atoms with Crippen molar-refractivity contribution in [2.75, 3.05) is 24.2 Å². The maximum Gasteiger partial charge on any atom is 0.419 e. The smallest absolute Gasteiger partial charge is 0.408 e. The van der Waals surface area contributed by atoms with Gasteiger partial charge in [-0.2, -0.15) is 0 Å². The molecule has 0 bridgehead atoms. The van der Waals surface area contributed by atoms with Crippen LogP contribution in [0.25, 0.3) is 11.1 Å². The molecule has 124 valence electrons. The monoisotopic (exact) mass is 337 g/mol. The average molecular weight is 337 g/mol. The first kappa shape index (κ1) is 15.8. The number of anilines is 1. The van der Waals surface area contributed by atoms with Gasteiger partial charge in [-0.15, -0.1) is 0 Å². The van der Waals surface area contributed by atoms with Crippen molar-refractivity contribution in [1.29, 1.82) is 0 Å². The third-order valence-electron chi connectivity index (χ3n) is 4.07. The van der Waals surface area contributed by atoms with Crippen molar-refractivity contribution < 1.29 is 13.4 Å². The van der Waals surface area contributed by atoms with Crippen LogP contribution in [-0.4, -0.2) is 43.3 Å². The van der Waals surface area contributed by atoms with Crippen molar-refractivity contribution in [2.24, 2.45) is 7.05 Å². The summed E-state index contributed by atoms with van der Waals surface area (Å²) in [6, 6.07) is 4.84. The first-order valence-electron chi connectivity index (χ1n) is 7.32. The summed E-state index contributed by atoms with van der Waals surface area (Å²) < 4.78 is 18.0. The number of oxazole rings is 1. The summed E-state index contributed by atoms with van der Waals surface area (Å²) >= 11 is 0. The Kier molecular flexibility index (Phi) is 3.79. The predicted octanol–water partition coefficient (Wildman–Crippen LogP) is 1.51. The van der Waals surface area contributed by atoms with Gasteiger partial charge >= 0.3 is 11.8 Å². The highest BCUT2D eigenvalue weighted by Gasteiger charge is 2.35. The fraction of sp³-hybridized carbons (Fsp3) is 0.467. The van der Waals surface area contributed by atoms with Crippen molar-refractivity contribution in [3.8, 4) is 0 Å². The summed E-state index contributed by atoms with van der Waals surface area (Å²) in [6.07, 6.45) is 0. The van der Waals surface area contributed by atoms with Gasteiger partial charge in [-0.3, -0.25) is 8.78 Å². The summed E-state index contributed by atoms with van der Waals surface area (Å²) in [5, 5.41) is 2.80. The third kappa shape index (κ3) is 2.90. The number of urea groups is 1. The summed E-state index contributed by atoms with van der Waals surface area (Å²) in [5.74, 6) is 0.0382. The SMILES string of the molecule is Cn1c(=O)oc2cc(NC(=O)N3CC[S@](=O)C(C)(C)C3)ccc21. The number of rotatable bonds is 1. The van der Waals surface area contributed by atoms with Gasteiger partial charge in [0, 0.05) is 48.4 Å². The number of nitrogens with zero attached hydrogens (tertiary/aromatic N) is 2. The van der Waals surface area contributed by atoms with Gasteiger partial charge in [0.25, 0.3) is 0 Å². The zero-order valence-electron chi connectivity index (χ0n) is 13.3. The summed E-state index contributed by atoms with van der Waals surface area (Å²) in [4.78, 5) is 25.5. The number of fused-ring (bicyclic) bond motifs is 1. The summed E-state index contributed by atoms with van der Waals surface area (Å²) in [5.41, 5.74) is 1.65. The van der Waals surface area contributed by atoms with E-state index in [2.05, 4.69) is 5.32 Å². The highest BCUT2D eigenvalue weighted by Crippen LogP contribution is 2.22. The number of aromatic nitrogens is 1. The van der Waals surface area contributed by atoms with E-state index in [0.717, 1.165) is 0 Å². The second-order valence-electron chi connectivity index (χ2n) is 6.27. The predicted molar refractivity (Wildman–Crippen MR) is 89.1 cm³/mol. The molecule has 1 N–H and O–H groups in total. The van der Waals surface area contributed by atoms with Crippen molar-refractivity contribution in [2.45, 2.75) is 18.6 Å². The van der Waals surface area contributed by atoms with Crippen LogP contribution in [0.15, 0.2) is 27.4 Å². The Bertz CT molecular complexity index is 852. The molecule has 1 saturated heterocycles. The van der Waals surface area contributed by atoms with Crippen LogP contribution in [-0.2, 0) is 17.8 Å². The molecule has 0 aliphatic carbocycles. The molecular weight excluding hydrogens is 318 g/mol. The minimum atomic E-state index is -0.927. The van der Waals surface area contributed by atoms with Crippen LogP contribution < -0.4 is 11.1 Å². The molecule has 1 atom stereocenters. The van der Waals surface area contributed by atoms with Gasteiger partial charge in [-0.25, -0.2) is 9.59 Å². The normalized spacial score (nSPS) is 20.7. The first-order chi connectivity index (χ1) is 10.8. The van der Waals surface area contributed by atoms with Crippen LogP contribution in [0.5, 0.6) is 0 Å². The topological polar surface area (TPSA) is 84.6 Å². The highest BCUT2D eigenvalue weighted by atomic mass is 32.2. The maximum absolute atomic E-state index is 12.4. The fourth-order valence-corrected chi connectivity index (χ4v) is 3.91. The molecule has 7 nitrogen and oxygen atoms in total. The highest BCUT2D eigenvalue weighted by molar-refractivity contribution is 7.86. The molecule has 0 spiro atoms. The fourth-order valence-electron chi connectivity index (χ4n) is 2.67. The van der Waals surface area contributed by atoms with Gasteiger partial charge in [0.1, 0.15) is 0 Å². The molecule has 2 heterocycles. The van der Waals surface area contributed by atoms with Crippen LogP contribution >= 0.6 is 0 Å². The minimum Gasteiger partial charge on any atom is -0.408 e. The quantitative estimate of drug-likeness (QED) is 0.855. The minimum absolute atomic E-state index is 0.243. The van der Waals surface area contributed by atoms with Crippen molar-refractivity contribution >= 4 is 33.6 Å². The Morgan fingerprint density at radius 3 is 2.83 bits per heavy atom. The summed E-state index contributed by atoms with van der Waals surface area (Å²) in [7, 11) is 0.700. The Hall–Kier alpha value is -2.09. The Morgan fingerprint density at radius 1 is 1.39 bits per heavy atom. The lowest BCUT2D eigenvalue weighted by molar-refractivity contribution is 0.207. The first-order valence-corrected chi connectivity index (χ1v) is 8.64. The number of hydrogen-bond acceptors (Lipinski definition) is 4. The summed E-state index contributed by atoms with van der Waals surface area (Å²) in [6.45, 7) is 4.69. The van der Waals surface area contributed by atoms with Gasteiger partial charge < -0.3 is 14.6 Å². The van der Waals surface area contributed by atoms with E-state index in [9.17, 15) is 13.8 Å². The largest absolute Gasteiger partial charge is 0.419 e. The number of nitrogens with one attached hydrogen (secondary N) is 1. The lowest BCUT2D eigenvalue weighted by atomic mass is 10.2. The van der Waals surface area contributed by atoms with E-state index in [1.165, 1.54) is 4.57 Å². The Labute approximate surface area is 135 Å². The number of carbonyl (C=O) groups excluding carboxylic acids is 1. The van der Waals surface area contributed by atoms with Crippen molar-refractivity contribution in [3.05, 3.63) is 28.7 Å². The van der Waals surface area contributed by atoms with E-state index in [-0.39, 0.29) is 6.03 Å². The second kappa shape index (κ2) is 5.52. The molecule has 2 amide bonds. The van der Waals surface area contributed by atoms with Crippen LogP contribution in [0.3, 0.4) is 0 Å². The van der Waals surface area contributed by atoms with Crippen LogP contribution in [0, 0.1) is 0 Å². The van der Waals surface area contributed by atoms with E-state index in [1.807, 2.05) is 13.8 Å². The van der Waals surface area contributed by atoms with E-state index in [0.29, 0.717) is 35.6 Å². The lowest BCUT2D eigenvalue weighted by Crippen LogP contribution is -2.53. The average Bonchev–Trinajstić information content (AvgIpc) is 2.76. The maximum atomic E-state index is 12.4. The van der Waals surface area contributed by atoms with Gasteiger partial charge in [-0.1, -0.05) is 0 Å². The van der Waals surface area contributed by atoms with Gasteiger partial charge in [0.15, 0.2) is 5.58 Å². The zero-order chi connectivity index (χ0) is 16.8. The molecule has 1 fully saturated rings. The molecule has 23 heavy (non-hydrogen) atoms. The molecule has 3 rings (SSSR count). The molecule has 0 unspecified atom stereocenters. The number of aryl methyl sites for hydroxylation is 1.